The number of hydrogen-bond acceptors (Lipinski definition) is 3. The van der Waals surface area contributed by atoms with Crippen LogP contribution in [-0.4, -0.2) is 32.5 Å². The van der Waals surface area contributed by atoms with Gasteiger partial charge in [0.15, 0.2) is 17.5 Å². The van der Waals surface area contributed by atoms with Crippen molar-refractivity contribution in [2.45, 2.75) is 0 Å². The van der Waals surface area contributed by atoms with Gasteiger partial charge >= 0.3 is 0 Å². The van der Waals surface area contributed by atoms with Crippen molar-refractivity contribution in [2.24, 2.45) is 0 Å². The minimum absolute atomic E-state index is 0.345. The standard InChI is InChI=1S/C17H16F3N3O2/c1-23(2)11-5-3-4-10(8-11)17(25)21-9-14(24)22-13-7-6-12(18)15(19)16(13)20/h3-8H,9H2,1-2H3,(H,21,25)(H,22,24). The molecule has 0 aliphatic carbocycles. The smallest absolute Gasteiger partial charge is 0.251 e. The molecule has 5 nitrogen and oxygen atoms in total. The second-order valence-electron chi connectivity index (χ2n) is 5.40. The Morgan fingerprint density at radius 2 is 1.76 bits per heavy atom. The number of anilines is 2. The summed E-state index contributed by atoms with van der Waals surface area (Å²) in [5, 5.41) is 4.44. The van der Waals surface area contributed by atoms with Gasteiger partial charge in [0.2, 0.25) is 5.91 Å². The molecule has 0 saturated heterocycles. The van der Waals surface area contributed by atoms with E-state index in [1.165, 1.54) is 0 Å². The first-order chi connectivity index (χ1) is 11.8. The van der Waals surface area contributed by atoms with E-state index < -0.39 is 41.5 Å². The van der Waals surface area contributed by atoms with E-state index in [0.717, 1.165) is 11.8 Å². The lowest BCUT2D eigenvalue weighted by molar-refractivity contribution is -0.115. The van der Waals surface area contributed by atoms with Gasteiger partial charge < -0.3 is 15.5 Å². The average Bonchev–Trinajstić information content (AvgIpc) is 2.60. The molecule has 0 fully saturated rings. The summed E-state index contributed by atoms with van der Waals surface area (Å²) in [6.45, 7) is -0.455. The minimum Gasteiger partial charge on any atom is -0.378 e. The van der Waals surface area contributed by atoms with Crippen molar-refractivity contribution < 1.29 is 22.8 Å². The van der Waals surface area contributed by atoms with Crippen LogP contribution in [0.4, 0.5) is 24.5 Å². The second kappa shape index (κ2) is 7.69. The molecule has 0 atom stereocenters. The molecule has 0 aliphatic heterocycles. The van der Waals surface area contributed by atoms with Crippen LogP contribution in [0.5, 0.6) is 0 Å². The zero-order valence-corrected chi connectivity index (χ0v) is 13.6. The number of hydrogen-bond donors (Lipinski definition) is 2. The Hall–Kier alpha value is -3.03. The summed E-state index contributed by atoms with van der Waals surface area (Å²) in [6.07, 6.45) is 0. The SMILES string of the molecule is CN(C)c1cccc(C(=O)NCC(=O)Nc2ccc(F)c(F)c2F)c1. The predicted molar refractivity (Wildman–Crippen MR) is 88.0 cm³/mol. The number of halogens is 3. The van der Waals surface area contributed by atoms with E-state index in [1.54, 1.807) is 18.2 Å². The van der Waals surface area contributed by atoms with Gasteiger partial charge in [-0.25, -0.2) is 13.2 Å². The zero-order valence-electron chi connectivity index (χ0n) is 13.6. The maximum Gasteiger partial charge on any atom is 0.251 e. The predicted octanol–water partition coefficient (Wildman–Crippen LogP) is 2.54. The van der Waals surface area contributed by atoms with Crippen LogP contribution < -0.4 is 15.5 Å². The van der Waals surface area contributed by atoms with E-state index in [9.17, 15) is 22.8 Å². The van der Waals surface area contributed by atoms with Crippen molar-refractivity contribution in [1.82, 2.24) is 5.32 Å². The molecule has 0 aliphatic rings. The number of amides is 2. The van der Waals surface area contributed by atoms with E-state index >= 15 is 0 Å². The Kier molecular flexibility index (Phi) is 5.63. The van der Waals surface area contributed by atoms with Gasteiger partial charge in [-0.05, 0) is 30.3 Å². The van der Waals surface area contributed by atoms with Crippen LogP contribution in [0.2, 0.25) is 0 Å². The zero-order chi connectivity index (χ0) is 18.6. The lowest BCUT2D eigenvalue weighted by Crippen LogP contribution is -2.33. The third kappa shape index (κ3) is 4.50. The summed E-state index contributed by atoms with van der Waals surface area (Å²) in [7, 11) is 3.64. The largest absolute Gasteiger partial charge is 0.378 e. The molecule has 0 saturated carbocycles. The molecular formula is C17H16F3N3O2. The van der Waals surface area contributed by atoms with Crippen LogP contribution in [0.15, 0.2) is 36.4 Å². The molecule has 0 radical (unpaired) electrons. The van der Waals surface area contributed by atoms with Crippen LogP contribution in [0, 0.1) is 17.5 Å². The van der Waals surface area contributed by atoms with Gasteiger partial charge in [-0.15, -0.1) is 0 Å². The van der Waals surface area contributed by atoms with Crippen molar-refractivity contribution in [1.29, 1.82) is 0 Å². The molecule has 0 aromatic heterocycles. The summed E-state index contributed by atoms with van der Waals surface area (Å²) in [6, 6.07) is 8.32. The van der Waals surface area contributed by atoms with Crippen molar-refractivity contribution in [3.8, 4) is 0 Å². The van der Waals surface area contributed by atoms with Crippen LogP contribution in [0.3, 0.4) is 0 Å². The molecule has 2 rings (SSSR count). The molecule has 132 valence electrons. The Bertz CT molecular complexity index is 810. The van der Waals surface area contributed by atoms with Gasteiger partial charge in [0.25, 0.3) is 5.91 Å². The van der Waals surface area contributed by atoms with Crippen LogP contribution >= 0.6 is 0 Å². The maximum atomic E-state index is 13.5. The summed E-state index contributed by atoms with van der Waals surface area (Å²) in [4.78, 5) is 25.6. The third-order valence-electron chi connectivity index (χ3n) is 3.34. The number of nitrogens with one attached hydrogen (secondary N) is 2. The first-order valence-electron chi connectivity index (χ1n) is 7.28. The monoisotopic (exact) mass is 351 g/mol. The van der Waals surface area contributed by atoms with E-state index in [-0.39, 0.29) is 0 Å². The van der Waals surface area contributed by atoms with Crippen molar-refractivity contribution in [3.05, 3.63) is 59.4 Å². The molecule has 8 heteroatoms. The van der Waals surface area contributed by atoms with Crippen molar-refractivity contribution in [2.75, 3.05) is 30.9 Å². The van der Waals surface area contributed by atoms with Crippen LogP contribution in [0.1, 0.15) is 10.4 Å². The lowest BCUT2D eigenvalue weighted by atomic mass is 10.2. The molecule has 2 aromatic carbocycles. The molecule has 0 heterocycles. The van der Waals surface area contributed by atoms with E-state index in [1.807, 2.05) is 25.1 Å². The van der Waals surface area contributed by atoms with Gasteiger partial charge in [0, 0.05) is 25.3 Å². The number of carbonyl (C=O) groups excluding carboxylic acids is 2. The first-order valence-corrected chi connectivity index (χ1v) is 7.28. The molecule has 2 amide bonds. The topological polar surface area (TPSA) is 61.4 Å². The van der Waals surface area contributed by atoms with Gasteiger partial charge in [-0.1, -0.05) is 6.07 Å². The Labute approximate surface area is 142 Å². The minimum atomic E-state index is -1.68. The normalized spacial score (nSPS) is 10.3. The Morgan fingerprint density at radius 3 is 2.44 bits per heavy atom. The molecule has 0 bridgehead atoms. The highest BCUT2D eigenvalue weighted by Crippen LogP contribution is 2.19. The Morgan fingerprint density at radius 1 is 1.04 bits per heavy atom. The quantitative estimate of drug-likeness (QED) is 0.814. The van der Waals surface area contributed by atoms with E-state index in [2.05, 4.69) is 10.6 Å². The summed E-state index contributed by atoms with van der Waals surface area (Å²) >= 11 is 0. The van der Waals surface area contributed by atoms with Crippen LogP contribution in [-0.2, 0) is 4.79 Å². The molecule has 2 N–H and O–H groups in total. The summed E-state index contributed by atoms with van der Waals surface area (Å²) in [5.74, 6) is -5.81. The van der Waals surface area contributed by atoms with Crippen LogP contribution in [0.25, 0.3) is 0 Å². The number of rotatable bonds is 5. The number of carbonyl (C=O) groups is 2. The Balaban J connectivity index is 1.97. The second-order valence-corrected chi connectivity index (χ2v) is 5.40. The highest BCUT2D eigenvalue weighted by Gasteiger charge is 2.16. The van der Waals surface area contributed by atoms with E-state index in [4.69, 9.17) is 0 Å². The highest BCUT2D eigenvalue weighted by atomic mass is 19.2. The van der Waals surface area contributed by atoms with Crippen molar-refractivity contribution >= 4 is 23.2 Å². The van der Waals surface area contributed by atoms with Gasteiger partial charge in [-0.2, -0.15) is 0 Å². The highest BCUT2D eigenvalue weighted by molar-refractivity contribution is 5.99. The molecule has 0 unspecified atom stereocenters. The summed E-state index contributed by atoms with van der Waals surface area (Å²) < 4.78 is 39.4. The van der Waals surface area contributed by atoms with Gasteiger partial charge in [0.05, 0.1) is 12.2 Å². The number of nitrogens with zero attached hydrogens (tertiary/aromatic N) is 1. The average molecular weight is 351 g/mol. The fourth-order valence-corrected chi connectivity index (χ4v) is 2.00. The van der Waals surface area contributed by atoms with E-state index in [0.29, 0.717) is 11.6 Å². The number of benzene rings is 2. The van der Waals surface area contributed by atoms with Gasteiger partial charge in [0.1, 0.15) is 0 Å². The fourth-order valence-electron chi connectivity index (χ4n) is 2.00. The maximum absolute atomic E-state index is 13.5. The molecule has 2 aromatic rings. The lowest BCUT2D eigenvalue weighted by Gasteiger charge is -2.13. The van der Waals surface area contributed by atoms with Gasteiger partial charge in [-0.3, -0.25) is 9.59 Å². The fraction of sp³-hybridized carbons (Fsp3) is 0.176. The van der Waals surface area contributed by atoms with Crippen molar-refractivity contribution in [3.63, 3.8) is 0 Å². The molecule has 25 heavy (non-hydrogen) atoms. The molecular weight excluding hydrogens is 335 g/mol. The molecule has 0 spiro atoms. The first kappa shape index (κ1) is 18.3. The summed E-state index contributed by atoms with van der Waals surface area (Å²) in [5.41, 5.74) is 0.645. The third-order valence-corrected chi connectivity index (χ3v) is 3.34.